The summed E-state index contributed by atoms with van der Waals surface area (Å²) >= 11 is 1.44. The molecule has 1 atom stereocenters. The van der Waals surface area contributed by atoms with Gasteiger partial charge < -0.3 is 9.73 Å². The molecule has 0 aliphatic carbocycles. The van der Waals surface area contributed by atoms with Crippen LogP contribution in [0.3, 0.4) is 0 Å². The van der Waals surface area contributed by atoms with Gasteiger partial charge in [0.25, 0.3) is 11.1 Å². The van der Waals surface area contributed by atoms with Crippen LogP contribution < -0.4 is 5.32 Å². The molecular formula is C24H22N2O4S2. The lowest BCUT2D eigenvalue weighted by Gasteiger charge is -2.16. The van der Waals surface area contributed by atoms with Crippen molar-refractivity contribution in [2.24, 2.45) is 0 Å². The van der Waals surface area contributed by atoms with Crippen LogP contribution in [0.2, 0.25) is 0 Å². The fourth-order valence-electron chi connectivity index (χ4n) is 3.28. The molecule has 4 rings (SSSR count). The Hall–Kier alpha value is -3.10. The number of benzene rings is 3. The number of amides is 1. The van der Waals surface area contributed by atoms with E-state index in [-0.39, 0.29) is 16.8 Å². The van der Waals surface area contributed by atoms with Crippen LogP contribution in [0.15, 0.2) is 87.3 Å². The van der Waals surface area contributed by atoms with Crippen molar-refractivity contribution in [1.29, 1.82) is 0 Å². The molecule has 1 aromatic heterocycles. The zero-order valence-electron chi connectivity index (χ0n) is 17.6. The number of fused-ring (bicyclic) bond motifs is 1. The van der Waals surface area contributed by atoms with Gasteiger partial charge in [-0.15, -0.1) is 0 Å². The van der Waals surface area contributed by atoms with Gasteiger partial charge in [0.2, 0.25) is 0 Å². The average molecular weight is 467 g/mol. The molecule has 4 aromatic rings. The Balaban J connectivity index is 1.45. The first kappa shape index (κ1) is 22.1. The summed E-state index contributed by atoms with van der Waals surface area (Å²) in [5, 5.41) is 3.55. The van der Waals surface area contributed by atoms with Crippen molar-refractivity contribution in [2.75, 3.05) is 6.26 Å². The predicted octanol–water partition coefficient (Wildman–Crippen LogP) is 5.01. The molecule has 32 heavy (non-hydrogen) atoms. The highest BCUT2D eigenvalue weighted by molar-refractivity contribution is 7.98. The SMILES string of the molecule is CC(NC(=O)c1ccccc1CSc1nc2ccccc2o1)c1ccc(S(C)(=O)=O)cc1. The quantitative estimate of drug-likeness (QED) is 0.385. The number of hydrogen-bond donors (Lipinski definition) is 1. The van der Waals surface area contributed by atoms with Gasteiger partial charge in [-0.3, -0.25) is 4.79 Å². The van der Waals surface area contributed by atoms with E-state index < -0.39 is 9.84 Å². The van der Waals surface area contributed by atoms with Crippen LogP contribution in [-0.2, 0) is 15.6 Å². The normalized spacial score (nSPS) is 12.6. The number of para-hydroxylation sites is 2. The minimum Gasteiger partial charge on any atom is -0.431 e. The van der Waals surface area contributed by atoms with E-state index in [0.717, 1.165) is 22.2 Å². The summed E-state index contributed by atoms with van der Waals surface area (Å²) in [6.45, 7) is 1.86. The first-order valence-corrected chi connectivity index (χ1v) is 12.9. The first-order valence-electron chi connectivity index (χ1n) is 9.98. The number of sulfone groups is 1. The zero-order chi connectivity index (χ0) is 22.7. The third-order valence-corrected chi connectivity index (χ3v) is 7.05. The highest BCUT2D eigenvalue weighted by atomic mass is 32.2. The van der Waals surface area contributed by atoms with Gasteiger partial charge in [-0.05, 0) is 48.4 Å². The van der Waals surface area contributed by atoms with E-state index in [0.29, 0.717) is 16.5 Å². The Kier molecular flexibility index (Phi) is 6.34. The van der Waals surface area contributed by atoms with Crippen LogP contribution in [0.4, 0.5) is 0 Å². The molecule has 164 valence electrons. The molecule has 0 bridgehead atoms. The second-order valence-electron chi connectivity index (χ2n) is 7.43. The van der Waals surface area contributed by atoms with E-state index in [1.807, 2.05) is 49.4 Å². The molecule has 1 unspecified atom stereocenters. The van der Waals surface area contributed by atoms with Crippen LogP contribution in [0.1, 0.15) is 34.5 Å². The molecule has 1 heterocycles. The number of nitrogens with zero attached hydrogens (tertiary/aromatic N) is 1. The first-order chi connectivity index (χ1) is 15.3. The smallest absolute Gasteiger partial charge is 0.257 e. The predicted molar refractivity (Wildman–Crippen MR) is 125 cm³/mol. The fourth-order valence-corrected chi connectivity index (χ4v) is 4.75. The summed E-state index contributed by atoms with van der Waals surface area (Å²) < 4.78 is 29.0. The van der Waals surface area contributed by atoms with E-state index in [1.165, 1.54) is 18.0 Å². The van der Waals surface area contributed by atoms with Gasteiger partial charge in [0.15, 0.2) is 15.4 Å². The lowest BCUT2D eigenvalue weighted by atomic mass is 10.1. The fraction of sp³-hybridized carbons (Fsp3) is 0.167. The van der Waals surface area contributed by atoms with Gasteiger partial charge in [-0.2, -0.15) is 0 Å². The second-order valence-corrected chi connectivity index (χ2v) is 10.4. The molecule has 1 N–H and O–H groups in total. The maximum Gasteiger partial charge on any atom is 0.257 e. The molecule has 8 heteroatoms. The average Bonchev–Trinajstić information content (AvgIpc) is 3.20. The number of carbonyl (C=O) groups excluding carboxylic acids is 1. The van der Waals surface area contributed by atoms with E-state index >= 15 is 0 Å². The van der Waals surface area contributed by atoms with Crippen molar-refractivity contribution in [3.63, 3.8) is 0 Å². The molecule has 0 saturated carbocycles. The van der Waals surface area contributed by atoms with Crippen LogP contribution in [0.5, 0.6) is 0 Å². The Labute approximate surface area is 191 Å². The van der Waals surface area contributed by atoms with Crippen LogP contribution in [-0.4, -0.2) is 25.6 Å². The number of oxazole rings is 1. The number of hydrogen-bond acceptors (Lipinski definition) is 6. The highest BCUT2D eigenvalue weighted by Gasteiger charge is 2.16. The van der Waals surface area contributed by atoms with Gasteiger partial charge in [0.1, 0.15) is 5.52 Å². The summed E-state index contributed by atoms with van der Waals surface area (Å²) in [7, 11) is -3.26. The van der Waals surface area contributed by atoms with Crippen LogP contribution in [0, 0.1) is 0 Å². The molecule has 0 spiro atoms. The van der Waals surface area contributed by atoms with Gasteiger partial charge in [-0.25, -0.2) is 13.4 Å². The Morgan fingerprint density at radius 3 is 2.44 bits per heavy atom. The van der Waals surface area contributed by atoms with Crippen LogP contribution >= 0.6 is 11.8 Å². The minimum absolute atomic E-state index is 0.196. The largest absolute Gasteiger partial charge is 0.431 e. The molecular weight excluding hydrogens is 444 g/mol. The lowest BCUT2D eigenvalue weighted by Crippen LogP contribution is -2.27. The van der Waals surface area contributed by atoms with Crippen molar-refractivity contribution in [3.8, 4) is 0 Å². The van der Waals surface area contributed by atoms with Gasteiger partial charge >= 0.3 is 0 Å². The maximum absolute atomic E-state index is 13.0. The summed E-state index contributed by atoms with van der Waals surface area (Å²) in [6.07, 6.45) is 1.17. The van der Waals surface area contributed by atoms with Crippen LogP contribution in [0.25, 0.3) is 11.1 Å². The molecule has 6 nitrogen and oxygen atoms in total. The van der Waals surface area contributed by atoms with Gasteiger partial charge in [0.05, 0.1) is 10.9 Å². The summed E-state index contributed by atoms with van der Waals surface area (Å²) in [5.41, 5.74) is 3.81. The van der Waals surface area contributed by atoms with E-state index in [2.05, 4.69) is 10.3 Å². The number of carbonyl (C=O) groups is 1. The second kappa shape index (κ2) is 9.18. The topological polar surface area (TPSA) is 89.3 Å². The summed E-state index contributed by atoms with van der Waals surface area (Å²) in [6, 6.07) is 21.3. The third-order valence-electron chi connectivity index (χ3n) is 5.04. The van der Waals surface area contributed by atoms with E-state index in [9.17, 15) is 13.2 Å². The lowest BCUT2D eigenvalue weighted by molar-refractivity contribution is 0.0939. The summed E-state index contributed by atoms with van der Waals surface area (Å²) in [5.74, 6) is 0.340. The van der Waals surface area contributed by atoms with Gasteiger partial charge in [-0.1, -0.05) is 54.2 Å². The minimum atomic E-state index is -3.26. The summed E-state index contributed by atoms with van der Waals surface area (Å²) in [4.78, 5) is 17.7. The molecule has 3 aromatic carbocycles. The molecule has 0 fully saturated rings. The van der Waals surface area contributed by atoms with E-state index in [4.69, 9.17) is 4.42 Å². The Bertz CT molecular complexity index is 1330. The molecule has 1 amide bonds. The number of nitrogens with one attached hydrogen (secondary N) is 1. The number of aromatic nitrogens is 1. The van der Waals surface area contributed by atoms with Crippen molar-refractivity contribution < 1.29 is 17.6 Å². The third kappa shape index (κ3) is 5.03. The zero-order valence-corrected chi connectivity index (χ0v) is 19.2. The molecule has 0 aliphatic rings. The molecule has 0 saturated heterocycles. The van der Waals surface area contributed by atoms with Crippen molar-refractivity contribution in [2.45, 2.75) is 28.8 Å². The highest BCUT2D eigenvalue weighted by Crippen LogP contribution is 2.27. The van der Waals surface area contributed by atoms with Crippen molar-refractivity contribution >= 4 is 38.6 Å². The van der Waals surface area contributed by atoms with E-state index in [1.54, 1.807) is 30.3 Å². The molecule has 0 radical (unpaired) electrons. The van der Waals surface area contributed by atoms with Crippen molar-refractivity contribution in [1.82, 2.24) is 10.3 Å². The standard InChI is InChI=1S/C24H22N2O4S2/c1-16(17-11-13-19(14-12-17)32(2,28)29)25-23(27)20-8-4-3-7-18(20)15-31-24-26-21-9-5-6-10-22(21)30-24/h3-14,16H,15H2,1-2H3,(H,25,27). The Morgan fingerprint density at radius 1 is 1.03 bits per heavy atom. The monoisotopic (exact) mass is 466 g/mol. The maximum atomic E-state index is 13.0. The molecule has 0 aliphatic heterocycles. The van der Waals surface area contributed by atoms with Crippen molar-refractivity contribution in [3.05, 3.63) is 89.5 Å². The number of thioether (sulfide) groups is 1. The Morgan fingerprint density at radius 2 is 1.72 bits per heavy atom. The number of rotatable bonds is 7. The van der Waals surface area contributed by atoms with Gasteiger partial charge in [0, 0.05) is 17.6 Å².